The first-order valence-electron chi connectivity index (χ1n) is 8.01. The van der Waals surface area contributed by atoms with Gasteiger partial charge in [-0.15, -0.1) is 0 Å². The van der Waals surface area contributed by atoms with Gasteiger partial charge in [-0.05, 0) is 18.2 Å². The number of amides is 1. The number of nitrogens with one attached hydrogen (secondary N) is 2. The molecule has 28 heavy (non-hydrogen) atoms. The van der Waals surface area contributed by atoms with Crippen LogP contribution in [0.15, 0.2) is 30.3 Å². The number of carbonyl (C=O) groups is 2. The van der Waals surface area contributed by atoms with Gasteiger partial charge in [-0.2, -0.15) is 5.26 Å². The van der Waals surface area contributed by atoms with Crippen molar-refractivity contribution in [3.8, 4) is 17.6 Å². The van der Waals surface area contributed by atoms with Gasteiger partial charge in [-0.1, -0.05) is 11.6 Å². The number of nitrogens with zero attached hydrogens (tertiary/aromatic N) is 1. The second-order valence-electron chi connectivity index (χ2n) is 5.45. The van der Waals surface area contributed by atoms with Crippen molar-refractivity contribution in [1.29, 1.82) is 5.26 Å². The Bertz CT molecular complexity index is 940. The lowest BCUT2D eigenvalue weighted by Crippen LogP contribution is -2.23. The van der Waals surface area contributed by atoms with E-state index in [1.165, 1.54) is 45.6 Å². The molecule has 0 unspecified atom stereocenters. The van der Waals surface area contributed by atoms with Gasteiger partial charge in [0, 0.05) is 17.8 Å². The molecule has 0 saturated heterocycles. The zero-order valence-electron chi connectivity index (χ0n) is 15.5. The maximum Gasteiger partial charge on any atom is 0.340 e. The average Bonchev–Trinajstić information content (AvgIpc) is 2.71. The summed E-state index contributed by atoms with van der Waals surface area (Å²) in [5.41, 5.74) is 1.29. The van der Waals surface area contributed by atoms with E-state index in [0.29, 0.717) is 28.4 Å². The zero-order chi connectivity index (χ0) is 20.7. The predicted octanol–water partition coefficient (Wildman–Crippen LogP) is 3.07. The van der Waals surface area contributed by atoms with Crippen molar-refractivity contribution in [3.63, 3.8) is 0 Å². The fourth-order valence-electron chi connectivity index (χ4n) is 2.37. The summed E-state index contributed by atoms with van der Waals surface area (Å²) in [6.07, 6.45) is 0. The summed E-state index contributed by atoms with van der Waals surface area (Å²) in [5.74, 6) is -0.240. The number of halogens is 1. The number of hydrogen-bond acceptors (Lipinski definition) is 7. The van der Waals surface area contributed by atoms with Crippen LogP contribution in [0.1, 0.15) is 15.9 Å². The zero-order valence-corrected chi connectivity index (χ0v) is 16.2. The molecule has 0 atom stereocenters. The molecule has 0 fully saturated rings. The fourth-order valence-corrected chi connectivity index (χ4v) is 2.59. The maximum absolute atomic E-state index is 12.2. The molecule has 2 aromatic carbocycles. The van der Waals surface area contributed by atoms with Crippen LogP contribution in [0, 0.1) is 11.3 Å². The smallest absolute Gasteiger partial charge is 0.340 e. The van der Waals surface area contributed by atoms with Crippen molar-refractivity contribution < 1.29 is 23.8 Å². The monoisotopic (exact) mass is 403 g/mol. The highest BCUT2D eigenvalue weighted by Crippen LogP contribution is 2.33. The van der Waals surface area contributed by atoms with Crippen LogP contribution in [0.25, 0.3) is 0 Å². The van der Waals surface area contributed by atoms with E-state index in [2.05, 4.69) is 10.6 Å². The lowest BCUT2D eigenvalue weighted by molar-refractivity contribution is -0.114. The van der Waals surface area contributed by atoms with Gasteiger partial charge in [0.15, 0.2) is 11.5 Å². The third-order valence-electron chi connectivity index (χ3n) is 3.74. The second kappa shape index (κ2) is 9.48. The molecule has 0 radical (unpaired) electrons. The van der Waals surface area contributed by atoms with Crippen LogP contribution in [0.5, 0.6) is 11.5 Å². The molecule has 0 aliphatic heterocycles. The quantitative estimate of drug-likeness (QED) is 0.683. The van der Waals surface area contributed by atoms with E-state index in [9.17, 15) is 9.59 Å². The summed E-state index contributed by atoms with van der Waals surface area (Å²) in [6.45, 7) is -0.142. The number of anilines is 2. The van der Waals surface area contributed by atoms with E-state index < -0.39 is 5.97 Å². The Kier molecular flexibility index (Phi) is 7.07. The van der Waals surface area contributed by atoms with Crippen molar-refractivity contribution in [1.82, 2.24) is 0 Å². The van der Waals surface area contributed by atoms with Gasteiger partial charge in [0.05, 0.1) is 49.7 Å². The summed E-state index contributed by atoms with van der Waals surface area (Å²) < 4.78 is 15.2. The molecule has 0 heterocycles. The van der Waals surface area contributed by atoms with Crippen LogP contribution in [-0.4, -0.2) is 39.8 Å². The van der Waals surface area contributed by atoms with E-state index >= 15 is 0 Å². The number of hydrogen-bond donors (Lipinski definition) is 2. The number of carbonyl (C=O) groups excluding carboxylic acids is 2. The van der Waals surface area contributed by atoms with Crippen molar-refractivity contribution >= 4 is 34.9 Å². The van der Waals surface area contributed by atoms with E-state index in [4.69, 9.17) is 31.1 Å². The average molecular weight is 404 g/mol. The number of esters is 1. The van der Waals surface area contributed by atoms with Crippen LogP contribution in [0.4, 0.5) is 11.4 Å². The summed E-state index contributed by atoms with van der Waals surface area (Å²) in [6, 6.07) is 9.50. The molecule has 1 amide bonds. The Balaban J connectivity index is 2.16. The standard InChI is InChI=1S/C19H18ClN3O5/c1-26-16-7-13(19(25)28-3)15(8-17(16)27-2)22-10-18(24)23-12-5-4-11(9-21)14(20)6-12/h4-8,22H,10H2,1-3H3,(H,23,24). The maximum atomic E-state index is 12.2. The van der Waals surface area contributed by atoms with Gasteiger partial charge < -0.3 is 24.8 Å². The van der Waals surface area contributed by atoms with Gasteiger partial charge in [-0.3, -0.25) is 4.79 Å². The third-order valence-corrected chi connectivity index (χ3v) is 4.05. The largest absolute Gasteiger partial charge is 0.493 e. The minimum atomic E-state index is -0.595. The van der Waals surface area contributed by atoms with Crippen molar-refractivity contribution in [3.05, 3.63) is 46.5 Å². The minimum absolute atomic E-state index is 0.142. The molecule has 8 nitrogen and oxygen atoms in total. The molecule has 9 heteroatoms. The van der Waals surface area contributed by atoms with Crippen LogP contribution in [-0.2, 0) is 9.53 Å². The highest BCUT2D eigenvalue weighted by Gasteiger charge is 2.18. The van der Waals surface area contributed by atoms with Crippen LogP contribution >= 0.6 is 11.6 Å². The molecule has 2 N–H and O–H groups in total. The molecular weight excluding hydrogens is 386 g/mol. The van der Waals surface area contributed by atoms with E-state index in [1.54, 1.807) is 6.07 Å². The van der Waals surface area contributed by atoms with E-state index in [1.807, 2.05) is 6.07 Å². The highest BCUT2D eigenvalue weighted by atomic mass is 35.5. The number of nitriles is 1. The summed E-state index contributed by atoms with van der Waals surface area (Å²) in [7, 11) is 4.16. The number of rotatable bonds is 7. The number of benzene rings is 2. The molecule has 2 rings (SSSR count). The van der Waals surface area contributed by atoms with E-state index in [-0.39, 0.29) is 23.0 Å². The molecule has 2 aromatic rings. The lowest BCUT2D eigenvalue weighted by Gasteiger charge is -2.15. The first-order chi connectivity index (χ1) is 13.4. The highest BCUT2D eigenvalue weighted by molar-refractivity contribution is 6.32. The Morgan fingerprint density at radius 2 is 1.79 bits per heavy atom. The van der Waals surface area contributed by atoms with Gasteiger partial charge in [0.2, 0.25) is 5.91 Å². The number of ether oxygens (including phenoxy) is 3. The lowest BCUT2D eigenvalue weighted by atomic mass is 10.1. The van der Waals surface area contributed by atoms with Gasteiger partial charge in [0.1, 0.15) is 6.07 Å². The number of methoxy groups -OCH3 is 3. The predicted molar refractivity (Wildman–Crippen MR) is 104 cm³/mol. The Hall–Kier alpha value is -3.44. The molecular formula is C19H18ClN3O5. The molecule has 0 aliphatic carbocycles. The molecule has 0 saturated carbocycles. The van der Waals surface area contributed by atoms with Crippen molar-refractivity contribution in [2.45, 2.75) is 0 Å². The first kappa shape index (κ1) is 20.9. The molecule has 0 bridgehead atoms. The minimum Gasteiger partial charge on any atom is -0.493 e. The first-order valence-corrected chi connectivity index (χ1v) is 8.39. The SMILES string of the molecule is COC(=O)c1cc(OC)c(OC)cc1NCC(=O)Nc1ccc(C#N)c(Cl)c1. The molecule has 0 aromatic heterocycles. The fraction of sp³-hybridized carbons (Fsp3) is 0.211. The Morgan fingerprint density at radius 1 is 1.11 bits per heavy atom. The third kappa shape index (κ3) is 4.84. The topological polar surface area (TPSA) is 110 Å². The molecule has 0 aliphatic rings. The normalized spacial score (nSPS) is 9.82. The van der Waals surface area contributed by atoms with Crippen LogP contribution in [0.2, 0.25) is 5.02 Å². The van der Waals surface area contributed by atoms with Gasteiger partial charge in [0.25, 0.3) is 0 Å². The van der Waals surface area contributed by atoms with Gasteiger partial charge >= 0.3 is 5.97 Å². The van der Waals surface area contributed by atoms with Crippen LogP contribution in [0.3, 0.4) is 0 Å². The Morgan fingerprint density at radius 3 is 2.36 bits per heavy atom. The van der Waals surface area contributed by atoms with E-state index in [0.717, 1.165) is 0 Å². The Labute approximate surface area is 167 Å². The summed E-state index contributed by atoms with van der Waals surface area (Å²) >= 11 is 5.95. The summed E-state index contributed by atoms with van der Waals surface area (Å²) in [4.78, 5) is 24.3. The van der Waals surface area contributed by atoms with Crippen molar-refractivity contribution in [2.75, 3.05) is 38.5 Å². The molecule has 146 valence electrons. The van der Waals surface area contributed by atoms with Crippen molar-refractivity contribution in [2.24, 2.45) is 0 Å². The summed E-state index contributed by atoms with van der Waals surface area (Å²) in [5, 5.41) is 14.6. The van der Waals surface area contributed by atoms with Crippen LogP contribution < -0.4 is 20.1 Å². The second-order valence-corrected chi connectivity index (χ2v) is 5.86. The van der Waals surface area contributed by atoms with Gasteiger partial charge in [-0.25, -0.2) is 4.79 Å². The molecule has 0 spiro atoms.